The first-order chi connectivity index (χ1) is 7.60. The molecule has 0 fully saturated rings. The van der Waals surface area contributed by atoms with Crippen molar-refractivity contribution in [3.63, 3.8) is 0 Å². The molecule has 0 aliphatic rings. The normalized spacial score (nSPS) is 13.9. The number of hydrogen-bond donors (Lipinski definition) is 2. The van der Waals surface area contributed by atoms with Crippen molar-refractivity contribution in [2.45, 2.75) is 46.1 Å². The van der Waals surface area contributed by atoms with Crippen molar-refractivity contribution in [1.29, 1.82) is 0 Å². The third kappa shape index (κ3) is 5.64. The first kappa shape index (κ1) is 19.5. The van der Waals surface area contributed by atoms with Crippen LogP contribution in [0.15, 0.2) is 0 Å². The van der Waals surface area contributed by atoms with Crippen molar-refractivity contribution in [3.05, 3.63) is 0 Å². The maximum absolute atomic E-state index is 11.8. The van der Waals surface area contributed by atoms with Crippen LogP contribution in [-0.4, -0.2) is 33.3 Å². The molecule has 0 aliphatic carbocycles. The van der Waals surface area contributed by atoms with Crippen molar-refractivity contribution in [3.8, 4) is 0 Å². The molecule has 0 aromatic heterocycles. The van der Waals surface area contributed by atoms with E-state index < -0.39 is 36.1 Å². The second-order valence-corrected chi connectivity index (χ2v) is 4.92. The molecule has 0 aromatic rings. The molecule has 1 atom stereocenters. The molecule has 18 heavy (non-hydrogen) atoms. The molecule has 5 nitrogen and oxygen atoms in total. The summed E-state index contributed by atoms with van der Waals surface area (Å²) in [5, 5.41) is 18.8. The maximum atomic E-state index is 11.8. The van der Waals surface area contributed by atoms with Crippen molar-refractivity contribution < 1.29 is 24.6 Å². The topological polar surface area (TPSA) is 91.7 Å². The molecule has 2 N–H and O–H groups in total. The Labute approximate surface area is 114 Å². The molecule has 0 rings (SSSR count). The molecule has 0 aromatic carbocycles. The van der Waals surface area contributed by atoms with Gasteiger partial charge >= 0.3 is 5.97 Å². The van der Waals surface area contributed by atoms with E-state index in [1.54, 1.807) is 27.7 Å². The lowest BCUT2D eigenvalue weighted by Gasteiger charge is -2.26. The Balaban J connectivity index is 0. The number of carboxylic acids is 1. The highest BCUT2D eigenvalue weighted by atomic mass is 32.1. The van der Waals surface area contributed by atoms with Crippen LogP contribution < -0.4 is 0 Å². The van der Waals surface area contributed by atoms with Crippen LogP contribution in [0.1, 0.15) is 40.5 Å². The molecule has 0 unspecified atom stereocenters. The Hall–Kier alpha value is -0.880. The highest BCUT2D eigenvalue weighted by Crippen LogP contribution is 2.23. The summed E-state index contributed by atoms with van der Waals surface area (Å²) >= 11 is 0. The second-order valence-electron chi connectivity index (χ2n) is 4.92. The fraction of sp³-hybridized carbons (Fsp3) is 0.750. The van der Waals surface area contributed by atoms with Gasteiger partial charge in [-0.25, -0.2) is 0 Å². The number of carbonyl (C=O) groups excluding carboxylic acids is 2. The number of carbonyl (C=O) groups is 3. The zero-order chi connectivity index (χ0) is 13.8. The van der Waals surface area contributed by atoms with E-state index >= 15 is 0 Å². The Morgan fingerprint density at radius 2 is 1.44 bits per heavy atom. The SMILES string of the molecule is CC(C)C(=O)C[C@@](O)(CC(=O)O)C(=O)C(C)C.S. The van der Waals surface area contributed by atoms with E-state index in [-0.39, 0.29) is 25.2 Å². The lowest BCUT2D eigenvalue weighted by atomic mass is 9.82. The predicted molar refractivity (Wildman–Crippen MR) is 71.9 cm³/mol. The van der Waals surface area contributed by atoms with Crippen molar-refractivity contribution in [2.24, 2.45) is 11.8 Å². The summed E-state index contributed by atoms with van der Waals surface area (Å²) < 4.78 is 0. The van der Waals surface area contributed by atoms with Crippen LogP contribution in [0, 0.1) is 11.8 Å². The third-order valence-corrected chi connectivity index (χ3v) is 2.54. The van der Waals surface area contributed by atoms with Gasteiger partial charge in [0.1, 0.15) is 11.4 Å². The summed E-state index contributed by atoms with van der Waals surface area (Å²) in [7, 11) is 0. The third-order valence-electron chi connectivity index (χ3n) is 2.54. The number of Topliss-reactive ketones (excluding diaryl/α,β-unsaturated/α-hetero) is 2. The van der Waals surface area contributed by atoms with Crippen molar-refractivity contribution in [1.82, 2.24) is 0 Å². The minimum absolute atomic E-state index is 0. The summed E-state index contributed by atoms with van der Waals surface area (Å²) in [6.45, 7) is 6.41. The lowest BCUT2D eigenvalue weighted by molar-refractivity contribution is -0.155. The van der Waals surface area contributed by atoms with Gasteiger partial charge in [-0.15, -0.1) is 0 Å². The highest BCUT2D eigenvalue weighted by molar-refractivity contribution is 7.59. The van der Waals surface area contributed by atoms with Crippen LogP contribution in [0.25, 0.3) is 0 Å². The van der Waals surface area contributed by atoms with Crippen molar-refractivity contribution >= 4 is 31.0 Å². The average molecular weight is 278 g/mol. The summed E-state index contributed by atoms with van der Waals surface area (Å²) in [5.41, 5.74) is -2.08. The lowest BCUT2D eigenvalue weighted by Crippen LogP contribution is -2.45. The molecule has 0 saturated carbocycles. The van der Waals surface area contributed by atoms with Crippen LogP contribution >= 0.6 is 13.5 Å². The minimum Gasteiger partial charge on any atom is -0.481 e. The van der Waals surface area contributed by atoms with Crippen LogP contribution in [-0.2, 0) is 14.4 Å². The van der Waals surface area contributed by atoms with E-state index in [0.717, 1.165) is 0 Å². The van der Waals surface area contributed by atoms with Crippen LogP contribution in [0.3, 0.4) is 0 Å². The standard InChI is InChI=1S/C12H20O5.H2S/c1-7(2)9(13)5-12(17,6-10(14)15)11(16)8(3)4;/h7-8,17H,5-6H2,1-4H3,(H,14,15);1H2/t12-;/m1./s1. The fourth-order valence-electron chi connectivity index (χ4n) is 1.52. The number of ketones is 2. The molecule has 0 heterocycles. The van der Waals surface area contributed by atoms with Gasteiger partial charge in [0.25, 0.3) is 0 Å². The van der Waals surface area contributed by atoms with E-state index in [2.05, 4.69) is 0 Å². The fourth-order valence-corrected chi connectivity index (χ4v) is 1.52. The summed E-state index contributed by atoms with van der Waals surface area (Å²) in [4.78, 5) is 34.0. The minimum atomic E-state index is -2.08. The van der Waals surface area contributed by atoms with Gasteiger partial charge in [0, 0.05) is 18.3 Å². The van der Waals surface area contributed by atoms with Gasteiger partial charge in [-0.3, -0.25) is 14.4 Å². The quantitative estimate of drug-likeness (QED) is 0.728. The van der Waals surface area contributed by atoms with E-state index in [9.17, 15) is 19.5 Å². The van der Waals surface area contributed by atoms with E-state index in [1.807, 2.05) is 0 Å². The monoisotopic (exact) mass is 278 g/mol. The first-order valence-corrected chi connectivity index (χ1v) is 5.61. The zero-order valence-corrected chi connectivity index (χ0v) is 12.2. The first-order valence-electron chi connectivity index (χ1n) is 5.61. The van der Waals surface area contributed by atoms with Gasteiger partial charge in [0.15, 0.2) is 5.78 Å². The molecule has 6 heteroatoms. The molecule has 0 radical (unpaired) electrons. The molecule has 0 saturated heterocycles. The van der Waals surface area contributed by atoms with Gasteiger partial charge < -0.3 is 10.2 Å². The number of rotatable bonds is 7. The Kier molecular flexibility index (Phi) is 8.14. The molecule has 106 valence electrons. The molecule has 0 amide bonds. The molecular weight excluding hydrogens is 256 g/mol. The summed E-state index contributed by atoms with van der Waals surface area (Å²) in [5.74, 6) is -3.07. The number of carboxylic acid groups (broad SMARTS) is 1. The number of aliphatic carboxylic acids is 1. The van der Waals surface area contributed by atoms with Gasteiger partial charge in [-0.1, -0.05) is 27.7 Å². The molecular formula is C12H22O5S. The van der Waals surface area contributed by atoms with Crippen LogP contribution in [0.4, 0.5) is 0 Å². The number of aliphatic hydroxyl groups is 1. The van der Waals surface area contributed by atoms with Crippen LogP contribution in [0.5, 0.6) is 0 Å². The largest absolute Gasteiger partial charge is 0.481 e. The van der Waals surface area contributed by atoms with Gasteiger partial charge in [0.05, 0.1) is 6.42 Å². The average Bonchev–Trinajstić information content (AvgIpc) is 2.14. The van der Waals surface area contributed by atoms with Gasteiger partial charge in [-0.2, -0.15) is 13.5 Å². The Bertz CT molecular complexity index is 324. The van der Waals surface area contributed by atoms with Crippen molar-refractivity contribution in [2.75, 3.05) is 0 Å². The Morgan fingerprint density at radius 1 is 1.00 bits per heavy atom. The summed E-state index contributed by atoms with van der Waals surface area (Å²) in [6, 6.07) is 0. The predicted octanol–water partition coefficient (Wildman–Crippen LogP) is 1.15. The number of hydrogen-bond acceptors (Lipinski definition) is 4. The molecule has 0 bridgehead atoms. The maximum Gasteiger partial charge on any atom is 0.306 e. The smallest absolute Gasteiger partial charge is 0.306 e. The van der Waals surface area contributed by atoms with E-state index in [0.29, 0.717) is 0 Å². The van der Waals surface area contributed by atoms with E-state index in [4.69, 9.17) is 5.11 Å². The summed E-state index contributed by atoms with van der Waals surface area (Å²) in [6.07, 6.45) is -1.17. The van der Waals surface area contributed by atoms with Crippen LogP contribution in [0.2, 0.25) is 0 Å². The zero-order valence-electron chi connectivity index (χ0n) is 11.2. The molecule has 0 aliphatic heterocycles. The second kappa shape index (κ2) is 7.53. The van der Waals surface area contributed by atoms with Gasteiger partial charge in [-0.05, 0) is 0 Å². The Morgan fingerprint density at radius 3 is 1.72 bits per heavy atom. The van der Waals surface area contributed by atoms with E-state index in [1.165, 1.54) is 0 Å². The van der Waals surface area contributed by atoms with Gasteiger partial charge in [0.2, 0.25) is 0 Å². The highest BCUT2D eigenvalue weighted by Gasteiger charge is 2.41. The molecule has 0 spiro atoms.